The summed E-state index contributed by atoms with van der Waals surface area (Å²) in [6.45, 7) is 6.29. The van der Waals surface area contributed by atoms with Crippen LogP contribution in [-0.2, 0) is 25.6 Å². The van der Waals surface area contributed by atoms with E-state index in [-0.39, 0.29) is 18.3 Å². The Morgan fingerprint density at radius 2 is 1.88 bits per heavy atom. The summed E-state index contributed by atoms with van der Waals surface area (Å²) in [7, 11) is 1.31. The van der Waals surface area contributed by atoms with Crippen molar-refractivity contribution in [3.05, 3.63) is 35.9 Å². The minimum Gasteiger partial charge on any atom is -0.467 e. The largest absolute Gasteiger partial charge is 0.467 e. The van der Waals surface area contributed by atoms with Crippen LogP contribution in [0.15, 0.2) is 30.3 Å². The highest BCUT2D eigenvalue weighted by atomic mass is 16.6. The van der Waals surface area contributed by atoms with Crippen molar-refractivity contribution in [3.8, 4) is 0 Å². The summed E-state index contributed by atoms with van der Waals surface area (Å²) in [5, 5.41) is 0. The number of benzene rings is 1. The van der Waals surface area contributed by atoms with Crippen LogP contribution in [0, 0.1) is 0 Å². The second-order valence-corrected chi connectivity index (χ2v) is 6.82. The minimum atomic E-state index is -0.675. The van der Waals surface area contributed by atoms with Gasteiger partial charge >= 0.3 is 12.1 Å². The highest BCUT2D eigenvalue weighted by Crippen LogP contribution is 2.26. The Balaban J connectivity index is 2.01. The third-order valence-electron chi connectivity index (χ3n) is 3.70. The topological polar surface area (TPSA) is 65.1 Å². The zero-order valence-corrected chi connectivity index (χ0v) is 14.7. The number of ether oxygens (including phenoxy) is 3. The van der Waals surface area contributed by atoms with Gasteiger partial charge in [0, 0.05) is 6.42 Å². The molecule has 0 radical (unpaired) electrons. The van der Waals surface area contributed by atoms with Crippen molar-refractivity contribution >= 4 is 12.1 Å². The summed E-state index contributed by atoms with van der Waals surface area (Å²) in [5.74, 6) is -0.452. The maximum absolute atomic E-state index is 12.4. The average molecular weight is 335 g/mol. The van der Waals surface area contributed by atoms with Crippen molar-refractivity contribution in [3.63, 3.8) is 0 Å². The molecule has 1 amide bonds. The molecule has 6 heteroatoms. The van der Waals surface area contributed by atoms with E-state index in [4.69, 9.17) is 14.2 Å². The Morgan fingerprint density at radius 3 is 2.46 bits per heavy atom. The van der Waals surface area contributed by atoms with Crippen molar-refractivity contribution in [2.75, 3.05) is 13.7 Å². The molecule has 1 aromatic carbocycles. The van der Waals surface area contributed by atoms with Gasteiger partial charge in [0.25, 0.3) is 0 Å². The molecule has 1 aliphatic heterocycles. The Morgan fingerprint density at radius 1 is 1.21 bits per heavy atom. The number of carbonyl (C=O) groups excluding carboxylic acids is 2. The third kappa shape index (κ3) is 4.96. The molecular formula is C18H25NO5. The average Bonchev–Trinajstić information content (AvgIpc) is 2.94. The van der Waals surface area contributed by atoms with Crippen molar-refractivity contribution in [1.29, 1.82) is 0 Å². The molecule has 0 bridgehead atoms. The Labute approximate surface area is 142 Å². The lowest BCUT2D eigenvalue weighted by atomic mass is 10.1. The smallest absolute Gasteiger partial charge is 0.410 e. The number of carbonyl (C=O) groups is 2. The predicted molar refractivity (Wildman–Crippen MR) is 88.4 cm³/mol. The fourth-order valence-corrected chi connectivity index (χ4v) is 2.75. The molecule has 6 nitrogen and oxygen atoms in total. The maximum Gasteiger partial charge on any atom is 0.410 e. The van der Waals surface area contributed by atoms with E-state index >= 15 is 0 Å². The summed E-state index contributed by atoms with van der Waals surface area (Å²) in [4.78, 5) is 25.8. The number of amides is 1. The van der Waals surface area contributed by atoms with Crippen LogP contribution in [0.4, 0.5) is 4.79 Å². The summed E-state index contributed by atoms with van der Waals surface area (Å²) in [6.07, 6.45) is -0.350. The zero-order chi connectivity index (χ0) is 17.7. The molecule has 1 fully saturated rings. The van der Waals surface area contributed by atoms with Gasteiger partial charge in [-0.25, -0.2) is 9.59 Å². The first kappa shape index (κ1) is 18.3. The van der Waals surface area contributed by atoms with Crippen LogP contribution in [-0.4, -0.2) is 48.4 Å². The molecule has 132 valence electrons. The molecule has 0 aliphatic carbocycles. The SMILES string of the molecule is COC(=O)[C@@H]1C[C@@H](OC(C)(C)C)CN1C(=O)OCc1ccccc1. The minimum absolute atomic E-state index is 0.162. The van der Waals surface area contributed by atoms with Crippen LogP contribution in [0.3, 0.4) is 0 Å². The van der Waals surface area contributed by atoms with E-state index in [2.05, 4.69) is 0 Å². The van der Waals surface area contributed by atoms with Crippen LogP contribution >= 0.6 is 0 Å². The van der Waals surface area contributed by atoms with Crippen LogP contribution in [0.1, 0.15) is 32.8 Å². The van der Waals surface area contributed by atoms with Gasteiger partial charge in [-0.3, -0.25) is 4.90 Å². The molecule has 0 N–H and O–H groups in total. The quantitative estimate of drug-likeness (QED) is 0.792. The predicted octanol–water partition coefficient (Wildman–Crippen LogP) is 2.75. The number of likely N-dealkylation sites (tertiary alicyclic amines) is 1. The number of nitrogens with zero attached hydrogens (tertiary/aromatic N) is 1. The molecule has 0 aromatic heterocycles. The first-order valence-corrected chi connectivity index (χ1v) is 8.03. The normalized spacial score (nSPS) is 20.8. The maximum atomic E-state index is 12.4. The summed E-state index contributed by atoms with van der Waals surface area (Å²) in [5.41, 5.74) is 0.539. The highest BCUT2D eigenvalue weighted by Gasteiger charge is 2.42. The molecule has 0 spiro atoms. The number of hydrogen-bond donors (Lipinski definition) is 0. The lowest BCUT2D eigenvalue weighted by molar-refractivity contribution is -0.145. The first-order valence-electron chi connectivity index (χ1n) is 8.03. The van der Waals surface area contributed by atoms with E-state index in [1.54, 1.807) is 0 Å². The van der Waals surface area contributed by atoms with Crippen molar-refractivity contribution < 1.29 is 23.8 Å². The number of rotatable bonds is 4. The van der Waals surface area contributed by atoms with Crippen molar-refractivity contribution in [2.24, 2.45) is 0 Å². The second-order valence-electron chi connectivity index (χ2n) is 6.82. The second kappa shape index (κ2) is 7.66. The van der Waals surface area contributed by atoms with Gasteiger partial charge in [-0.15, -0.1) is 0 Å². The van der Waals surface area contributed by atoms with Crippen molar-refractivity contribution in [2.45, 2.75) is 51.5 Å². The Hall–Kier alpha value is -2.08. The van der Waals surface area contributed by atoms with Crippen molar-refractivity contribution in [1.82, 2.24) is 4.90 Å². The van der Waals surface area contributed by atoms with Crippen LogP contribution in [0.25, 0.3) is 0 Å². The molecule has 24 heavy (non-hydrogen) atoms. The van der Waals surface area contributed by atoms with Gasteiger partial charge in [0.2, 0.25) is 0 Å². The fraction of sp³-hybridized carbons (Fsp3) is 0.556. The zero-order valence-electron chi connectivity index (χ0n) is 14.7. The summed E-state index contributed by atoms with van der Waals surface area (Å²) < 4.78 is 16.1. The molecule has 0 saturated carbocycles. The lowest BCUT2D eigenvalue weighted by Gasteiger charge is -2.24. The Bertz CT molecular complexity index is 567. The van der Waals surface area contributed by atoms with Gasteiger partial charge in [-0.05, 0) is 26.3 Å². The number of esters is 1. The van der Waals surface area contributed by atoms with Gasteiger partial charge in [-0.1, -0.05) is 30.3 Å². The fourth-order valence-electron chi connectivity index (χ4n) is 2.75. The van der Waals surface area contributed by atoms with Crippen LogP contribution in [0.2, 0.25) is 0 Å². The summed E-state index contributed by atoms with van der Waals surface area (Å²) in [6, 6.07) is 8.73. The highest BCUT2D eigenvalue weighted by molar-refractivity contribution is 5.82. The van der Waals surface area contributed by atoms with E-state index in [0.29, 0.717) is 13.0 Å². The van der Waals surface area contributed by atoms with E-state index < -0.39 is 18.1 Å². The lowest BCUT2D eigenvalue weighted by Crippen LogP contribution is -2.41. The molecule has 1 heterocycles. The molecule has 2 atom stereocenters. The van der Waals surface area contributed by atoms with Gasteiger partial charge in [0.05, 0.1) is 25.4 Å². The van der Waals surface area contributed by atoms with Crippen LogP contribution in [0.5, 0.6) is 0 Å². The Kier molecular flexibility index (Phi) is 5.83. The molecule has 1 aromatic rings. The molecule has 1 saturated heterocycles. The third-order valence-corrected chi connectivity index (χ3v) is 3.70. The van der Waals surface area contributed by atoms with Gasteiger partial charge in [0.1, 0.15) is 12.6 Å². The van der Waals surface area contributed by atoms with E-state index in [1.807, 2.05) is 51.1 Å². The first-order chi connectivity index (χ1) is 11.3. The standard InChI is InChI=1S/C18H25NO5/c1-18(2,3)24-14-10-15(16(20)22-4)19(11-14)17(21)23-12-13-8-6-5-7-9-13/h5-9,14-15H,10-12H2,1-4H3/t14-,15+/m1/s1. The monoisotopic (exact) mass is 335 g/mol. The number of methoxy groups -OCH3 is 1. The number of hydrogen-bond acceptors (Lipinski definition) is 5. The molecular weight excluding hydrogens is 310 g/mol. The molecule has 1 aliphatic rings. The van der Waals surface area contributed by atoms with E-state index in [1.165, 1.54) is 12.0 Å². The molecule has 0 unspecified atom stereocenters. The van der Waals surface area contributed by atoms with Gasteiger partial charge in [0.15, 0.2) is 0 Å². The van der Waals surface area contributed by atoms with E-state index in [0.717, 1.165) is 5.56 Å². The van der Waals surface area contributed by atoms with Gasteiger partial charge in [-0.2, -0.15) is 0 Å². The van der Waals surface area contributed by atoms with E-state index in [9.17, 15) is 9.59 Å². The van der Waals surface area contributed by atoms with Crippen LogP contribution < -0.4 is 0 Å². The van der Waals surface area contributed by atoms with Gasteiger partial charge < -0.3 is 14.2 Å². The summed E-state index contributed by atoms with van der Waals surface area (Å²) >= 11 is 0. The molecule has 2 rings (SSSR count).